The summed E-state index contributed by atoms with van der Waals surface area (Å²) in [6, 6.07) is 10.9. The van der Waals surface area contributed by atoms with Crippen LogP contribution in [0.4, 0.5) is 5.95 Å². The van der Waals surface area contributed by atoms with Crippen LogP contribution in [0.1, 0.15) is 15.4 Å². The van der Waals surface area contributed by atoms with Gasteiger partial charge in [-0.25, -0.2) is 0 Å². The molecule has 124 valence electrons. The van der Waals surface area contributed by atoms with Gasteiger partial charge in [0.05, 0.1) is 12.8 Å². The molecule has 0 spiro atoms. The number of rotatable bonds is 5. The van der Waals surface area contributed by atoms with Crippen molar-refractivity contribution in [1.82, 2.24) is 19.7 Å². The minimum absolute atomic E-state index is 0.196. The lowest BCUT2D eigenvalue weighted by atomic mass is 10.3. The molecule has 1 N–H and O–H groups in total. The number of hydrogen-bond acceptors (Lipinski definition) is 7. The minimum Gasteiger partial charge on any atom is -0.459 e. The highest BCUT2D eigenvalue weighted by molar-refractivity contribution is 7.09. The van der Waals surface area contributed by atoms with E-state index >= 15 is 0 Å². The number of pyridine rings is 1. The molecule has 0 radical (unpaired) electrons. The largest absolute Gasteiger partial charge is 0.459 e. The molecule has 0 fully saturated rings. The highest BCUT2D eigenvalue weighted by Gasteiger charge is 2.20. The van der Waals surface area contributed by atoms with Crippen LogP contribution in [0.25, 0.3) is 11.4 Å². The number of nitrogens with zero attached hydrogens (tertiary/aromatic N) is 4. The SMILES string of the molecule is O=C(c1ccco1)n1nc(-c2cccnc2)nc1NCc1cccs1. The Morgan fingerprint density at radius 3 is 2.92 bits per heavy atom. The second-order valence-electron chi connectivity index (χ2n) is 5.13. The zero-order valence-corrected chi connectivity index (χ0v) is 13.8. The monoisotopic (exact) mass is 351 g/mol. The topological polar surface area (TPSA) is 85.8 Å². The number of carbonyl (C=O) groups is 1. The van der Waals surface area contributed by atoms with Crippen molar-refractivity contribution in [3.8, 4) is 11.4 Å². The second-order valence-corrected chi connectivity index (χ2v) is 6.16. The van der Waals surface area contributed by atoms with Gasteiger partial charge in [0.1, 0.15) is 0 Å². The first-order valence-corrected chi connectivity index (χ1v) is 8.41. The van der Waals surface area contributed by atoms with Crippen molar-refractivity contribution in [3.05, 3.63) is 71.1 Å². The second kappa shape index (κ2) is 6.70. The first-order valence-electron chi connectivity index (χ1n) is 7.53. The van der Waals surface area contributed by atoms with Crippen molar-refractivity contribution in [2.24, 2.45) is 0 Å². The van der Waals surface area contributed by atoms with E-state index in [0.29, 0.717) is 18.3 Å². The van der Waals surface area contributed by atoms with Crippen LogP contribution in [0.3, 0.4) is 0 Å². The third kappa shape index (κ3) is 3.20. The fraction of sp³-hybridized carbons (Fsp3) is 0.0588. The van der Waals surface area contributed by atoms with E-state index in [0.717, 1.165) is 10.4 Å². The van der Waals surface area contributed by atoms with Crippen molar-refractivity contribution in [3.63, 3.8) is 0 Å². The number of furan rings is 1. The predicted octanol–water partition coefficient (Wildman–Crippen LogP) is 3.30. The van der Waals surface area contributed by atoms with Gasteiger partial charge in [0.15, 0.2) is 11.6 Å². The van der Waals surface area contributed by atoms with E-state index in [1.165, 1.54) is 10.9 Å². The quantitative estimate of drug-likeness (QED) is 0.594. The summed E-state index contributed by atoms with van der Waals surface area (Å²) in [5, 5.41) is 9.50. The maximum absolute atomic E-state index is 12.6. The number of carbonyl (C=O) groups excluding carboxylic acids is 1. The fourth-order valence-corrected chi connectivity index (χ4v) is 2.91. The Hall–Kier alpha value is -3.26. The Balaban J connectivity index is 1.69. The van der Waals surface area contributed by atoms with Crippen LogP contribution in [0.2, 0.25) is 0 Å². The number of hydrogen-bond donors (Lipinski definition) is 1. The predicted molar refractivity (Wildman–Crippen MR) is 93.3 cm³/mol. The molecule has 4 rings (SSSR count). The van der Waals surface area contributed by atoms with Crippen molar-refractivity contribution in [2.75, 3.05) is 5.32 Å². The molecule has 0 aliphatic heterocycles. The van der Waals surface area contributed by atoms with Gasteiger partial charge in [0.2, 0.25) is 5.95 Å². The minimum atomic E-state index is -0.388. The molecule has 0 saturated carbocycles. The van der Waals surface area contributed by atoms with Crippen LogP contribution in [0.5, 0.6) is 0 Å². The normalized spacial score (nSPS) is 10.7. The number of nitrogens with one attached hydrogen (secondary N) is 1. The molecule has 4 aromatic heterocycles. The summed E-state index contributed by atoms with van der Waals surface area (Å²) < 4.78 is 6.41. The summed E-state index contributed by atoms with van der Waals surface area (Å²) in [5.74, 6) is 0.582. The third-order valence-electron chi connectivity index (χ3n) is 3.45. The molecule has 0 bridgehead atoms. The van der Waals surface area contributed by atoms with Crippen LogP contribution in [-0.4, -0.2) is 25.7 Å². The highest BCUT2D eigenvalue weighted by atomic mass is 32.1. The molecule has 4 aromatic rings. The maximum Gasteiger partial charge on any atom is 0.317 e. The average Bonchev–Trinajstić information content (AvgIpc) is 3.41. The van der Waals surface area contributed by atoms with E-state index in [4.69, 9.17) is 4.42 Å². The average molecular weight is 351 g/mol. The summed E-state index contributed by atoms with van der Waals surface area (Å²) in [4.78, 5) is 22.3. The summed E-state index contributed by atoms with van der Waals surface area (Å²) in [6.07, 6.45) is 4.77. The van der Waals surface area contributed by atoms with E-state index < -0.39 is 0 Å². The van der Waals surface area contributed by atoms with E-state index in [9.17, 15) is 4.79 Å². The molecule has 0 aromatic carbocycles. The lowest BCUT2D eigenvalue weighted by Crippen LogP contribution is -2.16. The molecule has 0 atom stereocenters. The van der Waals surface area contributed by atoms with E-state index in [1.807, 2.05) is 23.6 Å². The van der Waals surface area contributed by atoms with Crippen LogP contribution < -0.4 is 5.32 Å². The number of anilines is 1. The first kappa shape index (κ1) is 15.3. The lowest BCUT2D eigenvalue weighted by molar-refractivity contribution is 0.0920. The van der Waals surface area contributed by atoms with Crippen LogP contribution >= 0.6 is 11.3 Å². The number of thiophene rings is 1. The van der Waals surface area contributed by atoms with Gasteiger partial charge in [-0.1, -0.05) is 6.07 Å². The van der Waals surface area contributed by atoms with Crippen molar-refractivity contribution >= 4 is 23.2 Å². The molecule has 0 amide bonds. The van der Waals surface area contributed by atoms with Gasteiger partial charge in [-0.2, -0.15) is 9.67 Å². The molecule has 0 aliphatic carbocycles. The van der Waals surface area contributed by atoms with Crippen molar-refractivity contribution in [1.29, 1.82) is 0 Å². The van der Waals surface area contributed by atoms with E-state index in [2.05, 4.69) is 20.4 Å². The summed E-state index contributed by atoms with van der Waals surface area (Å²) in [5.41, 5.74) is 0.729. The number of aromatic nitrogens is 4. The summed E-state index contributed by atoms with van der Waals surface area (Å²) >= 11 is 1.62. The lowest BCUT2D eigenvalue weighted by Gasteiger charge is -2.04. The van der Waals surface area contributed by atoms with Gasteiger partial charge in [-0.15, -0.1) is 16.4 Å². The van der Waals surface area contributed by atoms with Gasteiger partial charge in [-0.3, -0.25) is 9.78 Å². The van der Waals surface area contributed by atoms with Crippen LogP contribution in [0.15, 0.2) is 64.9 Å². The standard InChI is InChI=1S/C17H13N5O2S/c23-16(14-6-2-8-24-14)22-17(19-11-13-5-3-9-25-13)20-15(21-22)12-4-1-7-18-10-12/h1-10H,11H2,(H,19,20,21). The van der Waals surface area contributed by atoms with Gasteiger partial charge >= 0.3 is 5.91 Å². The van der Waals surface area contributed by atoms with Gasteiger partial charge in [0, 0.05) is 22.8 Å². The first-order chi connectivity index (χ1) is 12.3. The zero-order valence-electron chi connectivity index (χ0n) is 13.0. The molecule has 0 aliphatic rings. The third-order valence-corrected chi connectivity index (χ3v) is 4.33. The zero-order chi connectivity index (χ0) is 17.1. The molecule has 4 heterocycles. The Morgan fingerprint density at radius 2 is 2.20 bits per heavy atom. The molecule has 7 nitrogen and oxygen atoms in total. The van der Waals surface area contributed by atoms with Crippen LogP contribution in [-0.2, 0) is 6.54 Å². The molecular weight excluding hydrogens is 338 g/mol. The van der Waals surface area contributed by atoms with Gasteiger partial charge in [-0.05, 0) is 35.7 Å². The molecule has 8 heteroatoms. The van der Waals surface area contributed by atoms with Crippen molar-refractivity contribution < 1.29 is 9.21 Å². The molecular formula is C17H13N5O2S. The molecule has 25 heavy (non-hydrogen) atoms. The van der Waals surface area contributed by atoms with Gasteiger partial charge < -0.3 is 9.73 Å². The molecule has 0 unspecified atom stereocenters. The Labute approximate surface area is 147 Å². The Bertz CT molecular complexity index is 962. The Morgan fingerprint density at radius 1 is 1.24 bits per heavy atom. The van der Waals surface area contributed by atoms with Gasteiger partial charge in [0.25, 0.3) is 0 Å². The van der Waals surface area contributed by atoms with Crippen LogP contribution in [0, 0.1) is 0 Å². The van der Waals surface area contributed by atoms with Crippen molar-refractivity contribution in [2.45, 2.75) is 6.54 Å². The summed E-state index contributed by atoms with van der Waals surface area (Å²) in [7, 11) is 0. The Kier molecular flexibility index (Phi) is 4.09. The fourth-order valence-electron chi connectivity index (χ4n) is 2.27. The van der Waals surface area contributed by atoms with E-state index in [-0.39, 0.29) is 11.7 Å². The maximum atomic E-state index is 12.6. The van der Waals surface area contributed by atoms with E-state index in [1.54, 1.807) is 41.9 Å². The smallest absolute Gasteiger partial charge is 0.317 e. The molecule has 0 saturated heterocycles. The highest BCUT2D eigenvalue weighted by Crippen LogP contribution is 2.19. The summed E-state index contributed by atoms with van der Waals surface area (Å²) in [6.45, 7) is 0.550.